The molecule has 0 saturated heterocycles. The molecule has 0 fully saturated rings. The average Bonchev–Trinajstić information content (AvgIpc) is 2.55. The zero-order valence-corrected chi connectivity index (χ0v) is 14.2. The van der Waals surface area contributed by atoms with Gasteiger partial charge in [-0.3, -0.25) is 9.00 Å². The van der Waals surface area contributed by atoms with Crippen LogP contribution in [-0.2, 0) is 10.8 Å². The van der Waals surface area contributed by atoms with Crippen molar-refractivity contribution < 1.29 is 13.4 Å². The van der Waals surface area contributed by atoms with Crippen molar-refractivity contribution in [1.29, 1.82) is 0 Å². The number of hydrogen-bond donors (Lipinski definition) is 1. The highest BCUT2D eigenvalue weighted by Crippen LogP contribution is 2.36. The van der Waals surface area contributed by atoms with Crippen LogP contribution in [0.4, 0.5) is 4.39 Å². The number of fused-ring (bicyclic) bond motifs is 1. The van der Waals surface area contributed by atoms with Gasteiger partial charge in [0.05, 0.1) is 6.04 Å². The molecule has 1 aliphatic rings. The van der Waals surface area contributed by atoms with Gasteiger partial charge in [-0.25, -0.2) is 4.39 Å². The molecule has 0 spiro atoms. The molecule has 1 heterocycles. The molecule has 2 atom stereocenters. The first-order valence-electron chi connectivity index (χ1n) is 7.21. The van der Waals surface area contributed by atoms with Crippen LogP contribution in [0.5, 0.6) is 0 Å². The average molecular weight is 349 g/mol. The Hall–Kier alpha value is -1.66. The number of rotatable bonds is 3. The van der Waals surface area contributed by atoms with Crippen molar-refractivity contribution in [3.63, 3.8) is 0 Å². The van der Waals surface area contributed by atoms with Gasteiger partial charge in [-0.05, 0) is 54.4 Å². The Kier molecular flexibility index (Phi) is 4.82. The zero-order valence-electron chi connectivity index (χ0n) is 12.5. The maximum atomic E-state index is 13.5. The summed E-state index contributed by atoms with van der Waals surface area (Å²) < 4.78 is 24.9. The molecule has 0 aliphatic carbocycles. The molecule has 3 nitrogen and oxygen atoms in total. The van der Waals surface area contributed by atoms with Crippen LogP contribution in [0, 0.1) is 5.82 Å². The van der Waals surface area contributed by atoms with Gasteiger partial charge in [0.1, 0.15) is 5.82 Å². The summed E-state index contributed by atoms with van der Waals surface area (Å²) in [4.78, 5) is 14.1. The molecule has 1 amide bonds. The zero-order chi connectivity index (χ0) is 16.4. The van der Waals surface area contributed by atoms with E-state index in [0.717, 1.165) is 22.6 Å². The van der Waals surface area contributed by atoms with E-state index in [1.165, 1.54) is 12.1 Å². The first-order valence-corrected chi connectivity index (χ1v) is 9.75. The molecule has 23 heavy (non-hydrogen) atoms. The predicted octanol–water partition coefficient (Wildman–Crippen LogP) is 3.53. The number of carbonyl (C=O) groups is 1. The maximum absolute atomic E-state index is 13.5. The molecule has 2 aromatic rings. The Morgan fingerprint density at radius 2 is 2.00 bits per heavy atom. The summed E-state index contributed by atoms with van der Waals surface area (Å²) in [6.45, 7) is 0. The van der Waals surface area contributed by atoms with Gasteiger partial charge in [0.25, 0.3) is 5.91 Å². The molecule has 0 aromatic heterocycles. The lowest BCUT2D eigenvalue weighted by atomic mass is 10.0. The Morgan fingerprint density at radius 3 is 2.70 bits per heavy atom. The molecule has 2 aromatic carbocycles. The number of benzene rings is 2. The third-order valence-corrected chi connectivity index (χ3v) is 5.82. The highest BCUT2D eigenvalue weighted by molar-refractivity contribution is 7.99. The van der Waals surface area contributed by atoms with Gasteiger partial charge in [0, 0.05) is 38.2 Å². The van der Waals surface area contributed by atoms with Gasteiger partial charge in [0.2, 0.25) is 0 Å². The van der Waals surface area contributed by atoms with Crippen LogP contribution in [-0.4, -0.2) is 22.1 Å². The number of halogens is 1. The topological polar surface area (TPSA) is 46.2 Å². The number of nitrogens with one attached hydrogen (secondary N) is 1. The molecule has 1 aliphatic heterocycles. The Balaban J connectivity index is 1.79. The van der Waals surface area contributed by atoms with Crippen LogP contribution in [0.3, 0.4) is 0 Å². The molecule has 0 radical (unpaired) electrons. The molecule has 3 rings (SSSR count). The molecule has 120 valence electrons. The van der Waals surface area contributed by atoms with Crippen molar-refractivity contribution in [1.82, 2.24) is 5.32 Å². The third-order valence-electron chi connectivity index (χ3n) is 3.77. The smallest absolute Gasteiger partial charge is 0.251 e. The molecular weight excluding hydrogens is 333 g/mol. The van der Waals surface area contributed by atoms with E-state index in [2.05, 4.69) is 5.32 Å². The summed E-state index contributed by atoms with van der Waals surface area (Å²) in [5.74, 6) is 0.392. The van der Waals surface area contributed by atoms with E-state index < -0.39 is 10.8 Å². The first-order chi connectivity index (χ1) is 11.0. The van der Waals surface area contributed by atoms with Crippen molar-refractivity contribution in [3.05, 3.63) is 59.4 Å². The van der Waals surface area contributed by atoms with Crippen LogP contribution >= 0.6 is 11.8 Å². The molecular formula is C17H16FNO2S2. The number of hydrogen-bond acceptors (Lipinski definition) is 3. The van der Waals surface area contributed by atoms with E-state index in [0.29, 0.717) is 10.5 Å². The summed E-state index contributed by atoms with van der Waals surface area (Å²) >= 11 is 1.68. The van der Waals surface area contributed by atoms with E-state index in [4.69, 9.17) is 0 Å². The third kappa shape index (κ3) is 3.64. The van der Waals surface area contributed by atoms with Crippen LogP contribution < -0.4 is 5.32 Å². The summed E-state index contributed by atoms with van der Waals surface area (Å²) in [6.07, 6.45) is 2.37. The van der Waals surface area contributed by atoms with Gasteiger partial charge >= 0.3 is 0 Å². The Bertz CT molecular complexity index is 762. The van der Waals surface area contributed by atoms with Gasteiger partial charge in [-0.1, -0.05) is 0 Å². The fourth-order valence-electron chi connectivity index (χ4n) is 2.55. The Labute approximate surface area is 141 Å². The normalized spacial score (nSPS) is 18.1. The fraction of sp³-hybridized carbons (Fsp3) is 0.235. The quantitative estimate of drug-likeness (QED) is 0.922. The fourth-order valence-corrected chi connectivity index (χ4v) is 4.18. The van der Waals surface area contributed by atoms with Crippen LogP contribution in [0.1, 0.15) is 28.4 Å². The summed E-state index contributed by atoms with van der Waals surface area (Å²) in [5, 5.41) is 2.97. The second-order valence-electron chi connectivity index (χ2n) is 5.32. The summed E-state index contributed by atoms with van der Waals surface area (Å²) in [7, 11) is -1.07. The van der Waals surface area contributed by atoms with Crippen LogP contribution in [0.25, 0.3) is 0 Å². The SMILES string of the molecule is CS(=O)c1ccc(C(=O)NC2CCSc3ccc(F)cc32)cc1. The minimum absolute atomic E-state index is 0.186. The molecule has 0 saturated carbocycles. The maximum Gasteiger partial charge on any atom is 0.251 e. The molecule has 0 bridgehead atoms. The van der Waals surface area contributed by atoms with E-state index in [9.17, 15) is 13.4 Å². The van der Waals surface area contributed by atoms with Crippen LogP contribution in [0.15, 0.2) is 52.3 Å². The van der Waals surface area contributed by atoms with Crippen LogP contribution in [0.2, 0.25) is 0 Å². The van der Waals surface area contributed by atoms with E-state index in [1.807, 2.05) is 0 Å². The van der Waals surface area contributed by atoms with E-state index >= 15 is 0 Å². The largest absolute Gasteiger partial charge is 0.345 e. The summed E-state index contributed by atoms with van der Waals surface area (Å²) in [6, 6.07) is 11.2. The summed E-state index contributed by atoms with van der Waals surface area (Å²) in [5.41, 5.74) is 1.34. The van der Waals surface area contributed by atoms with Gasteiger partial charge in [-0.15, -0.1) is 11.8 Å². The molecule has 2 unspecified atom stereocenters. The first kappa shape index (κ1) is 16.2. The van der Waals surface area contributed by atoms with Crippen molar-refractivity contribution in [2.75, 3.05) is 12.0 Å². The van der Waals surface area contributed by atoms with E-state index in [1.54, 1.807) is 48.3 Å². The van der Waals surface area contributed by atoms with Crippen molar-refractivity contribution in [3.8, 4) is 0 Å². The van der Waals surface area contributed by atoms with Crippen molar-refractivity contribution in [2.24, 2.45) is 0 Å². The second-order valence-corrected chi connectivity index (χ2v) is 7.84. The number of amides is 1. The van der Waals surface area contributed by atoms with E-state index in [-0.39, 0.29) is 17.8 Å². The lowest BCUT2D eigenvalue weighted by Crippen LogP contribution is -2.30. The van der Waals surface area contributed by atoms with Gasteiger partial charge < -0.3 is 5.32 Å². The minimum atomic E-state index is -1.07. The highest BCUT2D eigenvalue weighted by atomic mass is 32.2. The molecule has 1 N–H and O–H groups in total. The second kappa shape index (κ2) is 6.84. The number of carbonyl (C=O) groups excluding carboxylic acids is 1. The molecule has 6 heteroatoms. The minimum Gasteiger partial charge on any atom is -0.345 e. The van der Waals surface area contributed by atoms with Crippen molar-refractivity contribution >= 4 is 28.5 Å². The lowest BCUT2D eigenvalue weighted by molar-refractivity contribution is 0.0935. The predicted molar refractivity (Wildman–Crippen MR) is 90.7 cm³/mol. The highest BCUT2D eigenvalue weighted by Gasteiger charge is 2.23. The van der Waals surface area contributed by atoms with Crippen molar-refractivity contribution in [2.45, 2.75) is 22.3 Å². The lowest BCUT2D eigenvalue weighted by Gasteiger charge is -2.26. The number of thioether (sulfide) groups is 1. The Morgan fingerprint density at radius 1 is 1.26 bits per heavy atom. The monoisotopic (exact) mass is 349 g/mol. The standard InChI is InChI=1S/C17H16FNO2S2/c1-23(21)13-5-2-11(3-6-13)17(20)19-15-8-9-22-16-7-4-12(18)10-14(15)16/h2-7,10,15H,8-9H2,1H3,(H,19,20). The van der Waals surface area contributed by atoms with Gasteiger partial charge in [-0.2, -0.15) is 0 Å². The van der Waals surface area contributed by atoms with Gasteiger partial charge in [0.15, 0.2) is 0 Å².